The van der Waals surface area contributed by atoms with Gasteiger partial charge in [-0.05, 0) is 6.92 Å². The third-order valence-electron chi connectivity index (χ3n) is 1.87. The van der Waals surface area contributed by atoms with Crippen LogP contribution in [0.15, 0.2) is 12.8 Å². The van der Waals surface area contributed by atoms with E-state index in [0.717, 1.165) is 6.61 Å². The van der Waals surface area contributed by atoms with Gasteiger partial charge >= 0.3 is 0 Å². The summed E-state index contributed by atoms with van der Waals surface area (Å²) in [5.41, 5.74) is 0. The predicted molar refractivity (Wildman–Crippen MR) is 79.3 cm³/mol. The minimum Gasteiger partial charge on any atom is -0.502 e. The molecule has 0 unspecified atom stereocenters. The Labute approximate surface area is 127 Å². The maximum absolute atomic E-state index is 8.41. The molecule has 0 saturated carbocycles. The Morgan fingerprint density at radius 3 is 1.24 bits per heavy atom. The number of aliphatic hydroxyl groups excluding tert-OH is 2. The van der Waals surface area contributed by atoms with Gasteiger partial charge in [-0.15, -0.1) is 0 Å². The minimum absolute atomic E-state index is 0.0386. The summed E-state index contributed by atoms with van der Waals surface area (Å²) >= 11 is 0. The Balaban J connectivity index is 0. The van der Waals surface area contributed by atoms with Crippen LogP contribution in [0.1, 0.15) is 6.92 Å². The molecule has 0 aliphatic heterocycles. The minimum atomic E-state index is 0.0386. The first kappa shape index (κ1) is 22.6. The SMILES string of the molecule is C=COCC.OCCOCCOCCOCCOCCO. The third-order valence-corrected chi connectivity index (χ3v) is 1.87. The fraction of sp³-hybridized carbons (Fsp3) is 0.857. The average molecular weight is 310 g/mol. The molecule has 0 aromatic carbocycles. The molecule has 0 radical (unpaired) electrons. The van der Waals surface area contributed by atoms with Crippen LogP contribution in [-0.2, 0) is 23.7 Å². The molecule has 0 fully saturated rings. The molecule has 7 heteroatoms. The van der Waals surface area contributed by atoms with Crippen LogP contribution < -0.4 is 0 Å². The lowest BCUT2D eigenvalue weighted by atomic mass is 10.7. The van der Waals surface area contributed by atoms with Crippen molar-refractivity contribution in [3.05, 3.63) is 12.8 Å². The van der Waals surface area contributed by atoms with Crippen molar-refractivity contribution >= 4 is 0 Å². The summed E-state index contributed by atoms with van der Waals surface area (Å²) in [5, 5.41) is 16.8. The summed E-state index contributed by atoms with van der Waals surface area (Å²) in [6.07, 6.45) is 1.43. The Hall–Kier alpha value is -0.700. The maximum Gasteiger partial charge on any atom is 0.0844 e. The van der Waals surface area contributed by atoms with E-state index in [-0.39, 0.29) is 13.2 Å². The van der Waals surface area contributed by atoms with E-state index in [4.69, 9.17) is 29.2 Å². The first-order chi connectivity index (χ1) is 10.3. The van der Waals surface area contributed by atoms with E-state index in [0.29, 0.717) is 52.9 Å². The molecule has 0 amide bonds. The molecule has 0 aromatic heterocycles. The predicted octanol–water partition coefficient (Wildman–Crippen LogP) is 0.204. The first-order valence-electron chi connectivity index (χ1n) is 7.08. The van der Waals surface area contributed by atoms with E-state index in [9.17, 15) is 0 Å². The Kier molecular flexibility index (Phi) is 26.2. The average Bonchev–Trinajstić information content (AvgIpc) is 2.50. The first-order valence-corrected chi connectivity index (χ1v) is 7.08. The van der Waals surface area contributed by atoms with Gasteiger partial charge in [0.05, 0.1) is 78.9 Å². The smallest absolute Gasteiger partial charge is 0.0844 e. The number of rotatable bonds is 15. The van der Waals surface area contributed by atoms with Gasteiger partial charge in [0, 0.05) is 0 Å². The Morgan fingerprint density at radius 1 is 0.714 bits per heavy atom. The molecule has 0 saturated heterocycles. The standard InChI is InChI=1S/C10H22O6.C4H8O/c11-1-3-13-5-7-15-9-10-16-8-6-14-4-2-12;1-3-5-4-2/h11-12H,1-10H2;3H,1,4H2,2H3. The van der Waals surface area contributed by atoms with Crippen molar-refractivity contribution < 1.29 is 33.9 Å². The van der Waals surface area contributed by atoms with Gasteiger partial charge in [0.25, 0.3) is 0 Å². The molecule has 0 rings (SSSR count). The van der Waals surface area contributed by atoms with Crippen LogP contribution in [0.2, 0.25) is 0 Å². The van der Waals surface area contributed by atoms with Crippen LogP contribution in [0.25, 0.3) is 0 Å². The van der Waals surface area contributed by atoms with E-state index in [2.05, 4.69) is 11.3 Å². The Morgan fingerprint density at radius 2 is 1.05 bits per heavy atom. The van der Waals surface area contributed by atoms with Crippen LogP contribution in [0, 0.1) is 0 Å². The van der Waals surface area contributed by atoms with Gasteiger partial charge in [0.1, 0.15) is 0 Å². The fourth-order valence-corrected chi connectivity index (χ4v) is 1.01. The van der Waals surface area contributed by atoms with Crippen molar-refractivity contribution in [3.8, 4) is 0 Å². The summed E-state index contributed by atoms with van der Waals surface area (Å²) in [5.74, 6) is 0. The summed E-state index contributed by atoms with van der Waals surface area (Å²) in [7, 11) is 0. The summed E-state index contributed by atoms with van der Waals surface area (Å²) in [6.45, 7) is 9.76. The quantitative estimate of drug-likeness (QED) is 0.330. The van der Waals surface area contributed by atoms with Crippen molar-refractivity contribution in [1.29, 1.82) is 0 Å². The zero-order valence-electron chi connectivity index (χ0n) is 13.0. The van der Waals surface area contributed by atoms with E-state index in [1.165, 1.54) is 6.26 Å². The highest BCUT2D eigenvalue weighted by molar-refractivity contribution is 4.45. The molecule has 21 heavy (non-hydrogen) atoms. The maximum atomic E-state index is 8.41. The van der Waals surface area contributed by atoms with E-state index < -0.39 is 0 Å². The monoisotopic (exact) mass is 310 g/mol. The largest absolute Gasteiger partial charge is 0.502 e. The number of aliphatic hydroxyl groups is 2. The van der Waals surface area contributed by atoms with Crippen molar-refractivity contribution in [2.24, 2.45) is 0 Å². The van der Waals surface area contributed by atoms with E-state index in [1.54, 1.807) is 0 Å². The topological polar surface area (TPSA) is 86.6 Å². The molecule has 0 aliphatic rings. The number of hydrogen-bond acceptors (Lipinski definition) is 7. The van der Waals surface area contributed by atoms with Crippen LogP contribution in [0.3, 0.4) is 0 Å². The van der Waals surface area contributed by atoms with Crippen molar-refractivity contribution in [1.82, 2.24) is 0 Å². The lowest BCUT2D eigenvalue weighted by Gasteiger charge is -2.06. The van der Waals surface area contributed by atoms with Crippen LogP contribution in [-0.4, -0.2) is 82.9 Å². The molecule has 0 bridgehead atoms. The second-order valence-electron chi connectivity index (χ2n) is 3.52. The van der Waals surface area contributed by atoms with Crippen molar-refractivity contribution in [2.45, 2.75) is 6.92 Å². The molecule has 0 spiro atoms. The van der Waals surface area contributed by atoms with Crippen molar-refractivity contribution in [2.75, 3.05) is 72.7 Å². The molecule has 0 atom stereocenters. The van der Waals surface area contributed by atoms with Gasteiger partial charge < -0.3 is 33.9 Å². The van der Waals surface area contributed by atoms with Gasteiger partial charge in [-0.1, -0.05) is 6.58 Å². The highest BCUT2D eigenvalue weighted by Crippen LogP contribution is 1.82. The molecule has 2 N–H and O–H groups in total. The normalized spacial score (nSPS) is 9.86. The number of hydrogen-bond donors (Lipinski definition) is 2. The summed E-state index contributed by atoms with van der Waals surface area (Å²) in [4.78, 5) is 0. The summed E-state index contributed by atoms with van der Waals surface area (Å²) < 4.78 is 25.0. The van der Waals surface area contributed by atoms with Crippen molar-refractivity contribution in [3.63, 3.8) is 0 Å². The van der Waals surface area contributed by atoms with E-state index in [1.807, 2.05) is 6.92 Å². The highest BCUT2D eigenvalue weighted by atomic mass is 16.6. The molecule has 0 heterocycles. The summed E-state index contributed by atoms with van der Waals surface area (Å²) in [6, 6.07) is 0. The molecular formula is C14H30O7. The second kappa shape index (κ2) is 24.3. The van der Waals surface area contributed by atoms with Gasteiger partial charge in [0.2, 0.25) is 0 Å². The molecular weight excluding hydrogens is 280 g/mol. The molecule has 128 valence electrons. The van der Waals surface area contributed by atoms with Gasteiger partial charge in [0.15, 0.2) is 0 Å². The van der Waals surface area contributed by atoms with Crippen LogP contribution in [0.4, 0.5) is 0 Å². The van der Waals surface area contributed by atoms with Gasteiger partial charge in [-0.3, -0.25) is 0 Å². The zero-order valence-corrected chi connectivity index (χ0v) is 13.0. The fourth-order valence-electron chi connectivity index (χ4n) is 1.01. The van der Waals surface area contributed by atoms with Crippen LogP contribution in [0.5, 0.6) is 0 Å². The van der Waals surface area contributed by atoms with Gasteiger partial charge in [-0.25, -0.2) is 0 Å². The lowest BCUT2D eigenvalue weighted by Crippen LogP contribution is -2.13. The second-order valence-corrected chi connectivity index (χ2v) is 3.52. The van der Waals surface area contributed by atoms with Gasteiger partial charge in [-0.2, -0.15) is 0 Å². The van der Waals surface area contributed by atoms with Crippen LogP contribution >= 0.6 is 0 Å². The van der Waals surface area contributed by atoms with E-state index >= 15 is 0 Å². The number of ether oxygens (including phenoxy) is 5. The molecule has 0 aliphatic carbocycles. The molecule has 0 aromatic rings. The Bertz CT molecular complexity index is 165. The third kappa shape index (κ3) is 28.2. The highest BCUT2D eigenvalue weighted by Gasteiger charge is 1.91. The lowest BCUT2D eigenvalue weighted by molar-refractivity contribution is -0.00856. The molecule has 7 nitrogen and oxygen atoms in total. The zero-order chi connectivity index (χ0) is 16.0.